The number of rotatable bonds is 5. The smallest absolute Gasteiger partial charge is 0.253 e. The van der Waals surface area contributed by atoms with Gasteiger partial charge in [-0.05, 0) is 31.2 Å². The summed E-state index contributed by atoms with van der Waals surface area (Å²) >= 11 is 0. The van der Waals surface area contributed by atoms with Crippen molar-refractivity contribution in [1.29, 1.82) is 0 Å². The first-order chi connectivity index (χ1) is 12.5. The fourth-order valence-corrected chi connectivity index (χ4v) is 2.84. The van der Waals surface area contributed by atoms with Gasteiger partial charge in [0.2, 0.25) is 0 Å². The predicted octanol–water partition coefficient (Wildman–Crippen LogP) is 2.94. The van der Waals surface area contributed by atoms with Crippen LogP contribution >= 0.6 is 0 Å². The number of carbonyl (C=O) groups excluding carboxylic acids is 1. The Morgan fingerprint density at radius 2 is 2.04 bits per heavy atom. The number of hydrogen-bond acceptors (Lipinski definition) is 5. The van der Waals surface area contributed by atoms with Crippen LogP contribution in [0.5, 0.6) is 5.75 Å². The van der Waals surface area contributed by atoms with E-state index in [1.54, 1.807) is 13.3 Å². The number of pyridine rings is 2. The summed E-state index contributed by atoms with van der Waals surface area (Å²) in [6.45, 7) is 2.24. The van der Waals surface area contributed by atoms with Crippen LogP contribution in [0.2, 0.25) is 0 Å². The fraction of sp³-hybridized carbons (Fsp3) is 0.250. The van der Waals surface area contributed by atoms with Crippen LogP contribution in [0.1, 0.15) is 21.6 Å². The van der Waals surface area contributed by atoms with Crippen molar-refractivity contribution in [1.82, 2.24) is 15.3 Å². The second-order valence-electron chi connectivity index (χ2n) is 6.24. The van der Waals surface area contributed by atoms with E-state index in [0.29, 0.717) is 17.8 Å². The van der Waals surface area contributed by atoms with Gasteiger partial charge in [0.05, 0.1) is 23.9 Å². The molecule has 0 radical (unpaired) electrons. The predicted molar refractivity (Wildman–Crippen MR) is 103 cm³/mol. The van der Waals surface area contributed by atoms with E-state index in [9.17, 15) is 4.79 Å². The van der Waals surface area contributed by atoms with Crippen LogP contribution in [-0.4, -0.2) is 37.1 Å². The standard InChI is InChI=1S/C20H22N4O2/c1-13-17(10-14-7-8-16(26-4)11-18(14)23-13)20(25)22-12-15-6-5-9-21-19(15)24(2)3/h5-11H,12H2,1-4H3,(H,22,25). The molecule has 0 saturated heterocycles. The lowest BCUT2D eigenvalue weighted by atomic mass is 10.1. The summed E-state index contributed by atoms with van der Waals surface area (Å²) in [4.78, 5) is 23.5. The monoisotopic (exact) mass is 350 g/mol. The Labute approximate surface area is 152 Å². The van der Waals surface area contributed by atoms with E-state index in [1.165, 1.54) is 0 Å². The molecular weight excluding hydrogens is 328 g/mol. The number of aromatic nitrogens is 2. The lowest BCUT2D eigenvalue weighted by Gasteiger charge is -2.16. The molecule has 0 bridgehead atoms. The van der Waals surface area contributed by atoms with Gasteiger partial charge in [-0.3, -0.25) is 9.78 Å². The first-order valence-electron chi connectivity index (χ1n) is 8.34. The van der Waals surface area contributed by atoms with Gasteiger partial charge in [0.25, 0.3) is 5.91 Å². The molecule has 1 N–H and O–H groups in total. The number of nitrogens with zero attached hydrogens (tertiary/aromatic N) is 3. The zero-order valence-electron chi connectivity index (χ0n) is 15.4. The van der Waals surface area contributed by atoms with Gasteiger partial charge in [-0.2, -0.15) is 0 Å². The molecule has 0 spiro atoms. The molecule has 0 unspecified atom stereocenters. The van der Waals surface area contributed by atoms with Gasteiger partial charge >= 0.3 is 0 Å². The van der Waals surface area contributed by atoms with E-state index in [0.717, 1.165) is 28.0 Å². The van der Waals surface area contributed by atoms with E-state index in [1.807, 2.05) is 62.3 Å². The van der Waals surface area contributed by atoms with Crippen molar-refractivity contribution in [2.45, 2.75) is 13.5 Å². The Kier molecular flexibility index (Phi) is 5.02. The van der Waals surface area contributed by atoms with Crippen molar-refractivity contribution in [2.75, 3.05) is 26.1 Å². The van der Waals surface area contributed by atoms with Gasteiger partial charge in [0, 0.05) is 43.9 Å². The average Bonchev–Trinajstić information content (AvgIpc) is 2.65. The average molecular weight is 350 g/mol. The molecule has 0 aliphatic carbocycles. The summed E-state index contributed by atoms with van der Waals surface area (Å²) in [5, 5.41) is 3.87. The number of ether oxygens (including phenoxy) is 1. The normalized spacial score (nSPS) is 10.6. The van der Waals surface area contributed by atoms with Crippen LogP contribution in [0, 0.1) is 6.92 Å². The Bertz CT molecular complexity index is 954. The van der Waals surface area contributed by atoms with E-state index >= 15 is 0 Å². The van der Waals surface area contributed by atoms with Gasteiger partial charge < -0.3 is 15.0 Å². The molecule has 3 aromatic rings. The van der Waals surface area contributed by atoms with Crippen LogP contribution in [0.4, 0.5) is 5.82 Å². The molecule has 6 heteroatoms. The number of anilines is 1. The quantitative estimate of drug-likeness (QED) is 0.766. The number of hydrogen-bond donors (Lipinski definition) is 1. The second-order valence-corrected chi connectivity index (χ2v) is 6.24. The van der Waals surface area contributed by atoms with Gasteiger partial charge in [0.1, 0.15) is 11.6 Å². The van der Waals surface area contributed by atoms with Crippen molar-refractivity contribution in [3.63, 3.8) is 0 Å². The minimum absolute atomic E-state index is 0.152. The topological polar surface area (TPSA) is 67.3 Å². The maximum Gasteiger partial charge on any atom is 0.253 e. The number of methoxy groups -OCH3 is 1. The summed E-state index contributed by atoms with van der Waals surface area (Å²) < 4.78 is 5.23. The number of carbonyl (C=O) groups is 1. The van der Waals surface area contributed by atoms with E-state index in [-0.39, 0.29) is 5.91 Å². The minimum atomic E-state index is -0.152. The maximum atomic E-state index is 12.7. The lowest BCUT2D eigenvalue weighted by molar-refractivity contribution is 0.0950. The van der Waals surface area contributed by atoms with Crippen molar-refractivity contribution in [2.24, 2.45) is 0 Å². The van der Waals surface area contributed by atoms with Gasteiger partial charge in [0.15, 0.2) is 0 Å². The minimum Gasteiger partial charge on any atom is -0.497 e. The maximum absolute atomic E-state index is 12.7. The molecule has 0 aliphatic heterocycles. The number of fused-ring (bicyclic) bond motifs is 1. The molecule has 2 heterocycles. The molecule has 0 atom stereocenters. The highest BCUT2D eigenvalue weighted by Gasteiger charge is 2.13. The first-order valence-corrected chi connectivity index (χ1v) is 8.34. The van der Waals surface area contributed by atoms with Crippen molar-refractivity contribution >= 4 is 22.6 Å². The number of nitrogens with one attached hydrogen (secondary N) is 1. The second kappa shape index (κ2) is 7.39. The third kappa shape index (κ3) is 3.59. The number of amides is 1. The largest absolute Gasteiger partial charge is 0.497 e. The molecule has 1 aromatic carbocycles. The Morgan fingerprint density at radius 1 is 1.23 bits per heavy atom. The van der Waals surface area contributed by atoms with Crippen LogP contribution in [0.3, 0.4) is 0 Å². The molecule has 3 rings (SSSR count). The van der Waals surface area contributed by atoms with E-state index < -0.39 is 0 Å². The third-order valence-corrected chi connectivity index (χ3v) is 4.19. The van der Waals surface area contributed by atoms with Crippen molar-refractivity contribution in [3.8, 4) is 5.75 Å². The molecule has 26 heavy (non-hydrogen) atoms. The Morgan fingerprint density at radius 3 is 2.77 bits per heavy atom. The SMILES string of the molecule is COc1ccc2cc(C(=O)NCc3cccnc3N(C)C)c(C)nc2c1. The highest BCUT2D eigenvalue weighted by atomic mass is 16.5. The molecule has 0 saturated carbocycles. The summed E-state index contributed by atoms with van der Waals surface area (Å²) in [7, 11) is 5.48. The number of benzene rings is 1. The van der Waals surface area contributed by atoms with Gasteiger partial charge in [-0.25, -0.2) is 4.98 Å². The van der Waals surface area contributed by atoms with E-state index in [4.69, 9.17) is 4.74 Å². The Balaban J connectivity index is 1.83. The summed E-state index contributed by atoms with van der Waals surface area (Å²) in [5.74, 6) is 1.43. The summed E-state index contributed by atoms with van der Waals surface area (Å²) in [5.41, 5.74) is 3.02. The summed E-state index contributed by atoms with van der Waals surface area (Å²) in [6.07, 6.45) is 1.74. The lowest BCUT2D eigenvalue weighted by Crippen LogP contribution is -2.25. The zero-order chi connectivity index (χ0) is 18.7. The molecule has 134 valence electrons. The van der Waals surface area contributed by atoms with Gasteiger partial charge in [-0.1, -0.05) is 6.07 Å². The fourth-order valence-electron chi connectivity index (χ4n) is 2.84. The van der Waals surface area contributed by atoms with E-state index in [2.05, 4.69) is 15.3 Å². The van der Waals surface area contributed by atoms with Crippen LogP contribution in [0.25, 0.3) is 10.9 Å². The molecular formula is C20H22N4O2. The molecule has 2 aromatic heterocycles. The molecule has 0 fully saturated rings. The highest BCUT2D eigenvalue weighted by Crippen LogP contribution is 2.22. The zero-order valence-corrected chi connectivity index (χ0v) is 15.4. The Hall–Kier alpha value is -3.15. The molecule has 1 amide bonds. The number of aryl methyl sites for hydroxylation is 1. The van der Waals surface area contributed by atoms with Crippen molar-refractivity contribution < 1.29 is 9.53 Å². The molecule has 0 aliphatic rings. The van der Waals surface area contributed by atoms with Crippen molar-refractivity contribution in [3.05, 3.63) is 59.4 Å². The van der Waals surface area contributed by atoms with Crippen LogP contribution < -0.4 is 15.0 Å². The van der Waals surface area contributed by atoms with Crippen LogP contribution in [-0.2, 0) is 6.54 Å². The summed E-state index contributed by atoms with van der Waals surface area (Å²) in [6, 6.07) is 11.3. The first kappa shape index (κ1) is 17.7. The third-order valence-electron chi connectivity index (χ3n) is 4.19. The molecule has 6 nitrogen and oxygen atoms in total. The highest BCUT2D eigenvalue weighted by molar-refractivity contribution is 5.98. The van der Waals surface area contributed by atoms with Crippen LogP contribution in [0.15, 0.2) is 42.6 Å². The van der Waals surface area contributed by atoms with Gasteiger partial charge in [-0.15, -0.1) is 0 Å².